The van der Waals surface area contributed by atoms with E-state index < -0.39 is 0 Å². The number of rotatable bonds is 5. The van der Waals surface area contributed by atoms with Gasteiger partial charge in [0.15, 0.2) is 0 Å². The second kappa shape index (κ2) is 6.38. The van der Waals surface area contributed by atoms with Crippen molar-refractivity contribution in [1.29, 1.82) is 0 Å². The van der Waals surface area contributed by atoms with Crippen molar-refractivity contribution in [2.45, 2.75) is 65.6 Å². The van der Waals surface area contributed by atoms with Crippen LogP contribution in [0.3, 0.4) is 0 Å². The monoisotopic (exact) mass is 261 g/mol. The van der Waals surface area contributed by atoms with Crippen LogP contribution in [0.1, 0.15) is 51.3 Å². The van der Waals surface area contributed by atoms with Crippen molar-refractivity contribution < 1.29 is 0 Å². The van der Waals surface area contributed by atoms with Crippen LogP contribution >= 0.6 is 0 Å². The smallest absolute Gasteiger partial charge is 0.129 e. The van der Waals surface area contributed by atoms with Crippen molar-refractivity contribution in [1.82, 2.24) is 10.3 Å². The molecule has 2 rings (SSSR count). The molecule has 0 aromatic carbocycles. The molecule has 1 aliphatic rings. The summed E-state index contributed by atoms with van der Waals surface area (Å²) in [5, 5.41) is 3.37. The van der Waals surface area contributed by atoms with E-state index in [0.29, 0.717) is 12.1 Å². The summed E-state index contributed by atoms with van der Waals surface area (Å²) in [4.78, 5) is 7.36. The Hall–Kier alpha value is -1.09. The second-order valence-corrected chi connectivity index (χ2v) is 5.59. The zero-order valence-corrected chi connectivity index (χ0v) is 12.7. The molecular formula is C16H27N3. The third-order valence-electron chi connectivity index (χ3n) is 4.27. The number of aryl methyl sites for hydroxylation is 1. The zero-order valence-electron chi connectivity index (χ0n) is 12.7. The van der Waals surface area contributed by atoms with E-state index >= 15 is 0 Å². The van der Waals surface area contributed by atoms with Gasteiger partial charge in [-0.3, -0.25) is 0 Å². The van der Waals surface area contributed by atoms with Crippen molar-refractivity contribution >= 4 is 5.82 Å². The topological polar surface area (TPSA) is 28.2 Å². The molecular weight excluding hydrogens is 234 g/mol. The Kier molecular flexibility index (Phi) is 4.81. The molecule has 0 spiro atoms. The Labute approximate surface area is 117 Å². The summed E-state index contributed by atoms with van der Waals surface area (Å²) in [6.07, 6.45) is 3.81. The molecule has 2 unspecified atom stereocenters. The third-order valence-corrected chi connectivity index (χ3v) is 4.27. The molecule has 1 fully saturated rings. The highest BCUT2D eigenvalue weighted by Gasteiger charge is 2.30. The first kappa shape index (κ1) is 14.3. The Morgan fingerprint density at radius 1 is 1.32 bits per heavy atom. The lowest BCUT2D eigenvalue weighted by atomic mass is 10.1. The SMILES string of the molecule is CCNCc1ccc(N2C(C)CCC2CC)nc1C. The largest absolute Gasteiger partial charge is 0.351 e. The molecule has 0 saturated carbocycles. The van der Waals surface area contributed by atoms with Gasteiger partial charge in [0.1, 0.15) is 5.82 Å². The first-order valence-electron chi connectivity index (χ1n) is 7.62. The minimum Gasteiger partial charge on any atom is -0.351 e. The van der Waals surface area contributed by atoms with E-state index in [1.807, 2.05) is 0 Å². The van der Waals surface area contributed by atoms with Gasteiger partial charge in [0.25, 0.3) is 0 Å². The molecule has 19 heavy (non-hydrogen) atoms. The Balaban J connectivity index is 2.18. The zero-order chi connectivity index (χ0) is 13.8. The van der Waals surface area contributed by atoms with Gasteiger partial charge in [0, 0.05) is 24.3 Å². The fourth-order valence-corrected chi connectivity index (χ4v) is 3.05. The average molecular weight is 261 g/mol. The lowest BCUT2D eigenvalue weighted by molar-refractivity contribution is 0.619. The fourth-order valence-electron chi connectivity index (χ4n) is 3.05. The van der Waals surface area contributed by atoms with Crippen LogP contribution in [0.2, 0.25) is 0 Å². The maximum Gasteiger partial charge on any atom is 0.129 e. The number of pyridine rings is 1. The number of hydrogen-bond donors (Lipinski definition) is 1. The van der Waals surface area contributed by atoms with E-state index in [4.69, 9.17) is 4.98 Å². The highest BCUT2D eigenvalue weighted by molar-refractivity contribution is 5.45. The van der Waals surface area contributed by atoms with Gasteiger partial charge < -0.3 is 10.2 Å². The first-order valence-corrected chi connectivity index (χ1v) is 7.62. The van der Waals surface area contributed by atoms with Crippen LogP contribution in [0.4, 0.5) is 5.82 Å². The van der Waals surface area contributed by atoms with E-state index in [2.05, 4.69) is 50.0 Å². The standard InChI is InChI=1S/C16H27N3/c1-5-15-9-7-12(3)19(15)16-10-8-14(11-17-6-2)13(4)18-16/h8,10,12,15,17H,5-7,9,11H2,1-4H3. The van der Waals surface area contributed by atoms with Gasteiger partial charge in [-0.05, 0) is 51.3 Å². The molecule has 2 atom stereocenters. The maximum absolute atomic E-state index is 4.84. The van der Waals surface area contributed by atoms with E-state index in [-0.39, 0.29) is 0 Å². The summed E-state index contributed by atoms with van der Waals surface area (Å²) in [7, 11) is 0. The Morgan fingerprint density at radius 2 is 2.11 bits per heavy atom. The summed E-state index contributed by atoms with van der Waals surface area (Å²) in [6, 6.07) is 5.72. The molecule has 1 aromatic heterocycles. The van der Waals surface area contributed by atoms with Gasteiger partial charge in [-0.2, -0.15) is 0 Å². The van der Waals surface area contributed by atoms with E-state index in [9.17, 15) is 0 Å². The number of aromatic nitrogens is 1. The van der Waals surface area contributed by atoms with E-state index in [1.54, 1.807) is 0 Å². The van der Waals surface area contributed by atoms with E-state index in [0.717, 1.165) is 24.6 Å². The van der Waals surface area contributed by atoms with E-state index in [1.165, 1.54) is 24.8 Å². The summed E-state index contributed by atoms with van der Waals surface area (Å²) in [5.74, 6) is 1.16. The molecule has 0 aliphatic carbocycles. The van der Waals surface area contributed by atoms with Gasteiger partial charge in [-0.1, -0.05) is 19.9 Å². The van der Waals surface area contributed by atoms with Crippen molar-refractivity contribution in [3.8, 4) is 0 Å². The number of nitrogens with one attached hydrogen (secondary N) is 1. The predicted octanol–water partition coefficient (Wildman–Crippen LogP) is 3.27. The van der Waals surface area contributed by atoms with Crippen LogP contribution in [0, 0.1) is 6.92 Å². The molecule has 1 aliphatic heterocycles. The highest BCUT2D eigenvalue weighted by atomic mass is 15.3. The molecule has 0 amide bonds. The third kappa shape index (κ3) is 3.08. The van der Waals surface area contributed by atoms with Crippen molar-refractivity contribution in [2.75, 3.05) is 11.4 Å². The van der Waals surface area contributed by atoms with Crippen molar-refractivity contribution in [3.63, 3.8) is 0 Å². The minimum atomic E-state index is 0.622. The lowest BCUT2D eigenvalue weighted by Gasteiger charge is -2.29. The highest BCUT2D eigenvalue weighted by Crippen LogP contribution is 2.31. The van der Waals surface area contributed by atoms with Gasteiger partial charge in [0.2, 0.25) is 0 Å². The van der Waals surface area contributed by atoms with Crippen molar-refractivity contribution in [2.24, 2.45) is 0 Å². The van der Waals surface area contributed by atoms with Crippen LogP contribution in [0.25, 0.3) is 0 Å². The van der Waals surface area contributed by atoms with Crippen LogP contribution < -0.4 is 10.2 Å². The summed E-state index contributed by atoms with van der Waals surface area (Å²) in [5.41, 5.74) is 2.47. The van der Waals surface area contributed by atoms with Gasteiger partial charge >= 0.3 is 0 Å². The van der Waals surface area contributed by atoms with Crippen molar-refractivity contribution in [3.05, 3.63) is 23.4 Å². The molecule has 106 valence electrons. The van der Waals surface area contributed by atoms with Gasteiger partial charge in [-0.25, -0.2) is 4.98 Å². The second-order valence-electron chi connectivity index (χ2n) is 5.59. The fraction of sp³-hybridized carbons (Fsp3) is 0.688. The molecule has 3 nitrogen and oxygen atoms in total. The predicted molar refractivity (Wildman–Crippen MR) is 81.6 cm³/mol. The van der Waals surface area contributed by atoms with Crippen LogP contribution in [-0.4, -0.2) is 23.6 Å². The Morgan fingerprint density at radius 3 is 2.74 bits per heavy atom. The number of nitrogens with zero attached hydrogens (tertiary/aromatic N) is 2. The Bertz CT molecular complexity index is 416. The average Bonchev–Trinajstić information content (AvgIpc) is 2.78. The minimum absolute atomic E-state index is 0.622. The molecule has 1 N–H and O–H groups in total. The number of hydrogen-bond acceptors (Lipinski definition) is 3. The maximum atomic E-state index is 4.84. The molecule has 0 bridgehead atoms. The quantitative estimate of drug-likeness (QED) is 0.881. The lowest BCUT2D eigenvalue weighted by Crippen LogP contribution is -2.35. The van der Waals surface area contributed by atoms with Crippen LogP contribution in [0.15, 0.2) is 12.1 Å². The summed E-state index contributed by atoms with van der Waals surface area (Å²) in [6.45, 7) is 10.8. The van der Waals surface area contributed by atoms with Gasteiger partial charge in [0.05, 0.1) is 0 Å². The molecule has 1 aromatic rings. The summed E-state index contributed by atoms with van der Waals surface area (Å²) < 4.78 is 0. The first-order chi connectivity index (χ1) is 9.17. The van der Waals surface area contributed by atoms with Crippen LogP contribution in [-0.2, 0) is 6.54 Å². The molecule has 0 radical (unpaired) electrons. The summed E-state index contributed by atoms with van der Waals surface area (Å²) >= 11 is 0. The van der Waals surface area contributed by atoms with Crippen LogP contribution in [0.5, 0.6) is 0 Å². The molecule has 1 saturated heterocycles. The molecule has 3 heteroatoms. The normalized spacial score (nSPS) is 23.1. The number of anilines is 1. The molecule has 2 heterocycles. The van der Waals surface area contributed by atoms with Gasteiger partial charge in [-0.15, -0.1) is 0 Å².